The van der Waals surface area contributed by atoms with Gasteiger partial charge in [-0.25, -0.2) is 0 Å². The fourth-order valence-electron chi connectivity index (χ4n) is 4.23. The van der Waals surface area contributed by atoms with Gasteiger partial charge in [0.25, 0.3) is 0 Å². The highest BCUT2D eigenvalue weighted by atomic mass is 16.6. The van der Waals surface area contributed by atoms with E-state index in [0.29, 0.717) is 12.8 Å². The van der Waals surface area contributed by atoms with Gasteiger partial charge >= 0.3 is 0 Å². The van der Waals surface area contributed by atoms with E-state index in [-0.39, 0.29) is 11.2 Å². The third kappa shape index (κ3) is 1.15. The van der Waals surface area contributed by atoms with E-state index >= 15 is 0 Å². The number of hydrogen-bond acceptors (Lipinski definition) is 3. The summed E-state index contributed by atoms with van der Waals surface area (Å²) < 4.78 is 5.97. The summed E-state index contributed by atoms with van der Waals surface area (Å²) in [6.07, 6.45) is 3.65. The van der Waals surface area contributed by atoms with E-state index < -0.39 is 16.8 Å². The van der Waals surface area contributed by atoms with Crippen LogP contribution in [0.4, 0.5) is 0 Å². The van der Waals surface area contributed by atoms with Crippen LogP contribution in [0, 0.1) is 5.41 Å². The molecule has 2 saturated carbocycles. The van der Waals surface area contributed by atoms with E-state index in [1.807, 2.05) is 13.8 Å². The van der Waals surface area contributed by atoms with Crippen molar-refractivity contribution in [1.82, 2.24) is 0 Å². The van der Waals surface area contributed by atoms with Crippen LogP contribution in [-0.2, 0) is 9.53 Å². The third-order valence-corrected chi connectivity index (χ3v) is 5.94. The zero-order valence-corrected chi connectivity index (χ0v) is 11.5. The standard InChI is InChI=1S/C15H22O3/c1-10(2)14(17)8-7-12(3)6-5-11(16)13(4)15(12,9-14)18-13/h17H,1,5-9H2,2-4H3/t12-,13-,14+,15?/m1/s1. The molecule has 1 unspecified atom stereocenters. The Balaban J connectivity index is 2.02. The summed E-state index contributed by atoms with van der Waals surface area (Å²) in [7, 11) is 0. The Kier molecular flexibility index (Phi) is 2.11. The maximum atomic E-state index is 12.1. The van der Waals surface area contributed by atoms with Crippen molar-refractivity contribution in [3.63, 3.8) is 0 Å². The number of aliphatic hydroxyl groups is 1. The number of carbonyl (C=O) groups excluding carboxylic acids is 1. The number of hydrogen-bond donors (Lipinski definition) is 1. The highest BCUT2D eigenvalue weighted by Crippen LogP contribution is 2.71. The van der Waals surface area contributed by atoms with Crippen molar-refractivity contribution in [2.24, 2.45) is 5.41 Å². The molecule has 0 bridgehead atoms. The molecule has 18 heavy (non-hydrogen) atoms. The molecule has 1 aliphatic heterocycles. The molecule has 0 amide bonds. The molecule has 100 valence electrons. The maximum absolute atomic E-state index is 12.1. The summed E-state index contributed by atoms with van der Waals surface area (Å²) in [4.78, 5) is 12.1. The summed E-state index contributed by atoms with van der Waals surface area (Å²) in [5, 5.41) is 10.7. The van der Waals surface area contributed by atoms with Crippen molar-refractivity contribution in [2.45, 2.75) is 69.7 Å². The molecule has 2 aliphatic carbocycles. The summed E-state index contributed by atoms with van der Waals surface area (Å²) in [5.74, 6) is 0.200. The first-order chi connectivity index (χ1) is 8.19. The lowest BCUT2D eigenvalue weighted by molar-refractivity contribution is -0.127. The molecule has 1 spiro atoms. The molecule has 1 heterocycles. The van der Waals surface area contributed by atoms with Crippen molar-refractivity contribution >= 4 is 5.78 Å². The van der Waals surface area contributed by atoms with Gasteiger partial charge < -0.3 is 9.84 Å². The Morgan fingerprint density at radius 2 is 2.00 bits per heavy atom. The lowest BCUT2D eigenvalue weighted by Gasteiger charge is -2.50. The van der Waals surface area contributed by atoms with Crippen LogP contribution in [0.3, 0.4) is 0 Å². The van der Waals surface area contributed by atoms with Gasteiger partial charge in [0.15, 0.2) is 11.4 Å². The molecule has 3 heteroatoms. The molecule has 3 aliphatic rings. The van der Waals surface area contributed by atoms with Gasteiger partial charge in [-0.2, -0.15) is 0 Å². The number of Topliss-reactive ketones (excluding diaryl/α,β-unsaturated/α-hetero) is 1. The van der Waals surface area contributed by atoms with Crippen LogP contribution >= 0.6 is 0 Å². The predicted octanol–water partition coefficient (Wildman–Crippen LogP) is 2.37. The zero-order valence-electron chi connectivity index (χ0n) is 11.5. The smallest absolute Gasteiger partial charge is 0.167 e. The lowest BCUT2D eigenvalue weighted by atomic mass is 9.53. The van der Waals surface area contributed by atoms with E-state index in [2.05, 4.69) is 13.5 Å². The van der Waals surface area contributed by atoms with E-state index in [4.69, 9.17) is 4.74 Å². The van der Waals surface area contributed by atoms with Gasteiger partial charge in [0.05, 0.1) is 5.60 Å². The summed E-state index contributed by atoms with van der Waals surface area (Å²) in [5.41, 5.74) is -1.17. The molecule has 1 N–H and O–H groups in total. The highest BCUT2D eigenvalue weighted by molar-refractivity contribution is 5.93. The predicted molar refractivity (Wildman–Crippen MR) is 68.2 cm³/mol. The van der Waals surface area contributed by atoms with Crippen LogP contribution in [0.2, 0.25) is 0 Å². The molecule has 3 fully saturated rings. The van der Waals surface area contributed by atoms with Gasteiger partial charge in [-0.3, -0.25) is 4.79 Å². The van der Waals surface area contributed by atoms with Gasteiger partial charge in [-0.1, -0.05) is 13.5 Å². The zero-order chi connectivity index (χ0) is 13.4. The molecule has 0 aromatic rings. The molecule has 0 radical (unpaired) electrons. The molecular formula is C15H22O3. The van der Waals surface area contributed by atoms with Crippen LogP contribution in [-0.4, -0.2) is 27.7 Å². The Bertz CT molecular complexity index is 457. The van der Waals surface area contributed by atoms with Crippen molar-refractivity contribution in [3.05, 3.63) is 12.2 Å². The minimum atomic E-state index is -0.866. The normalized spacial score (nSPS) is 54.6. The Morgan fingerprint density at radius 1 is 1.33 bits per heavy atom. The number of ketones is 1. The van der Waals surface area contributed by atoms with Crippen LogP contribution in [0.1, 0.15) is 52.9 Å². The second kappa shape index (κ2) is 3.07. The van der Waals surface area contributed by atoms with E-state index in [0.717, 1.165) is 24.8 Å². The van der Waals surface area contributed by atoms with Gasteiger partial charge in [0, 0.05) is 18.3 Å². The van der Waals surface area contributed by atoms with Crippen LogP contribution < -0.4 is 0 Å². The molecule has 4 atom stereocenters. The van der Waals surface area contributed by atoms with Crippen molar-refractivity contribution in [1.29, 1.82) is 0 Å². The number of carbonyl (C=O) groups is 1. The molecule has 3 nitrogen and oxygen atoms in total. The topological polar surface area (TPSA) is 49.8 Å². The van der Waals surface area contributed by atoms with Crippen molar-refractivity contribution in [2.75, 3.05) is 0 Å². The second-order valence-corrected chi connectivity index (χ2v) is 6.93. The van der Waals surface area contributed by atoms with Gasteiger partial charge in [0.2, 0.25) is 0 Å². The first kappa shape index (κ1) is 12.4. The number of rotatable bonds is 1. The van der Waals surface area contributed by atoms with E-state index in [1.165, 1.54) is 0 Å². The molecule has 0 aromatic carbocycles. The molecule has 0 aromatic heterocycles. The maximum Gasteiger partial charge on any atom is 0.167 e. The minimum Gasteiger partial charge on any atom is -0.385 e. The largest absolute Gasteiger partial charge is 0.385 e. The number of ether oxygens (including phenoxy) is 1. The Morgan fingerprint density at radius 3 is 2.61 bits per heavy atom. The number of epoxide rings is 1. The average molecular weight is 250 g/mol. The molecule has 3 rings (SSSR count). The quantitative estimate of drug-likeness (QED) is 0.574. The van der Waals surface area contributed by atoms with Gasteiger partial charge in [-0.05, 0) is 38.7 Å². The average Bonchev–Trinajstić information content (AvgIpc) is 2.90. The SMILES string of the molecule is C=C(C)[C@]1(O)CC[C@@]2(C)CCC(=O)[C@@]3(C)OC23C1. The highest BCUT2D eigenvalue weighted by Gasteiger charge is 2.81. The Labute approximate surface area is 108 Å². The fraction of sp³-hybridized carbons (Fsp3) is 0.800. The van der Waals surface area contributed by atoms with Crippen LogP contribution in [0.25, 0.3) is 0 Å². The second-order valence-electron chi connectivity index (χ2n) is 6.93. The van der Waals surface area contributed by atoms with E-state index in [9.17, 15) is 9.90 Å². The first-order valence-electron chi connectivity index (χ1n) is 6.81. The van der Waals surface area contributed by atoms with Gasteiger partial charge in [0.1, 0.15) is 5.60 Å². The fourth-order valence-corrected chi connectivity index (χ4v) is 4.23. The summed E-state index contributed by atoms with van der Waals surface area (Å²) in [6.45, 7) is 9.89. The molecular weight excluding hydrogens is 228 g/mol. The third-order valence-electron chi connectivity index (χ3n) is 5.94. The minimum absolute atomic E-state index is 0.0251. The van der Waals surface area contributed by atoms with Crippen LogP contribution in [0.5, 0.6) is 0 Å². The van der Waals surface area contributed by atoms with E-state index in [1.54, 1.807) is 0 Å². The van der Waals surface area contributed by atoms with Crippen molar-refractivity contribution < 1.29 is 14.6 Å². The van der Waals surface area contributed by atoms with Crippen molar-refractivity contribution in [3.8, 4) is 0 Å². The lowest BCUT2D eigenvalue weighted by Crippen LogP contribution is -2.56. The summed E-state index contributed by atoms with van der Waals surface area (Å²) in [6, 6.07) is 0. The Hall–Kier alpha value is -0.670. The molecule has 1 saturated heterocycles. The van der Waals surface area contributed by atoms with Crippen LogP contribution in [0.15, 0.2) is 12.2 Å². The first-order valence-corrected chi connectivity index (χ1v) is 6.81. The monoisotopic (exact) mass is 250 g/mol. The summed E-state index contributed by atoms with van der Waals surface area (Å²) >= 11 is 0. The van der Waals surface area contributed by atoms with Gasteiger partial charge in [-0.15, -0.1) is 0 Å².